The molecule has 0 radical (unpaired) electrons. The lowest BCUT2D eigenvalue weighted by Gasteiger charge is -2.44. The van der Waals surface area contributed by atoms with Gasteiger partial charge in [0.2, 0.25) is 0 Å². The average molecular weight is 344 g/mol. The number of rotatable bonds is 2. The molecular formula is C19H24N2O4. The molecule has 2 aliphatic heterocycles. The molecule has 1 N–H and O–H groups in total. The average Bonchev–Trinajstić information content (AvgIpc) is 3.03. The lowest BCUT2D eigenvalue weighted by molar-refractivity contribution is -0.141. The molecule has 2 fully saturated rings. The van der Waals surface area contributed by atoms with Crippen molar-refractivity contribution in [2.75, 3.05) is 14.2 Å². The van der Waals surface area contributed by atoms with E-state index in [2.05, 4.69) is 12.2 Å². The maximum Gasteiger partial charge on any atom is 0.325 e. The van der Waals surface area contributed by atoms with Gasteiger partial charge in [0.25, 0.3) is 5.91 Å². The number of likely N-dealkylation sites (N-methyl/N-ethyl adjacent to an activating group) is 1. The van der Waals surface area contributed by atoms with E-state index in [0.29, 0.717) is 18.6 Å². The predicted molar refractivity (Wildman–Crippen MR) is 91.4 cm³/mol. The summed E-state index contributed by atoms with van der Waals surface area (Å²) in [5, 5.41) is 3.00. The molecule has 1 saturated heterocycles. The third-order valence-corrected chi connectivity index (χ3v) is 6.14. The number of methoxy groups -OCH3 is 1. The minimum absolute atomic E-state index is 0.172. The Morgan fingerprint density at radius 1 is 1.32 bits per heavy atom. The third kappa shape index (κ3) is 2.00. The fourth-order valence-electron chi connectivity index (χ4n) is 4.61. The molecule has 2 heterocycles. The molecule has 1 unspecified atom stereocenters. The Morgan fingerprint density at radius 3 is 2.60 bits per heavy atom. The van der Waals surface area contributed by atoms with E-state index in [4.69, 9.17) is 9.47 Å². The van der Waals surface area contributed by atoms with E-state index in [1.54, 1.807) is 7.11 Å². The van der Waals surface area contributed by atoms with Crippen molar-refractivity contribution in [3.63, 3.8) is 0 Å². The van der Waals surface area contributed by atoms with Crippen molar-refractivity contribution in [1.82, 2.24) is 10.2 Å². The van der Waals surface area contributed by atoms with E-state index in [1.165, 1.54) is 11.9 Å². The summed E-state index contributed by atoms with van der Waals surface area (Å²) in [6.45, 7) is 2.07. The number of aryl methyl sites for hydroxylation is 1. The van der Waals surface area contributed by atoms with Crippen LogP contribution in [0.5, 0.6) is 5.75 Å². The highest BCUT2D eigenvalue weighted by molar-refractivity contribution is 6.09. The van der Waals surface area contributed by atoms with Crippen LogP contribution in [-0.2, 0) is 21.5 Å². The zero-order valence-electron chi connectivity index (χ0n) is 14.9. The van der Waals surface area contributed by atoms with Crippen LogP contribution in [0.1, 0.15) is 43.7 Å². The Morgan fingerprint density at radius 2 is 2.04 bits per heavy atom. The van der Waals surface area contributed by atoms with E-state index in [1.807, 2.05) is 18.2 Å². The first-order valence-corrected chi connectivity index (χ1v) is 8.93. The highest BCUT2D eigenvalue weighted by atomic mass is 16.5. The van der Waals surface area contributed by atoms with Gasteiger partial charge in [-0.2, -0.15) is 0 Å². The van der Waals surface area contributed by atoms with Gasteiger partial charge < -0.3 is 14.8 Å². The third-order valence-electron chi connectivity index (χ3n) is 6.14. The zero-order valence-corrected chi connectivity index (χ0v) is 14.9. The number of amides is 3. The number of nitrogens with one attached hydrogen (secondary N) is 1. The minimum atomic E-state index is -1.13. The number of urea groups is 1. The van der Waals surface area contributed by atoms with Gasteiger partial charge in [-0.1, -0.05) is 13.0 Å². The van der Waals surface area contributed by atoms with E-state index < -0.39 is 11.1 Å². The molecule has 25 heavy (non-hydrogen) atoms. The van der Waals surface area contributed by atoms with E-state index in [-0.39, 0.29) is 18.0 Å². The van der Waals surface area contributed by atoms with Crippen molar-refractivity contribution in [3.8, 4) is 5.75 Å². The first-order valence-electron chi connectivity index (χ1n) is 8.93. The smallest absolute Gasteiger partial charge is 0.325 e. The first-order chi connectivity index (χ1) is 12.0. The van der Waals surface area contributed by atoms with Crippen LogP contribution in [0.3, 0.4) is 0 Å². The van der Waals surface area contributed by atoms with Gasteiger partial charge in [-0.25, -0.2) is 4.79 Å². The topological polar surface area (TPSA) is 67.9 Å². The van der Waals surface area contributed by atoms with Crippen LogP contribution in [0, 0.1) is 0 Å². The van der Waals surface area contributed by atoms with Crippen molar-refractivity contribution in [2.45, 2.75) is 56.3 Å². The van der Waals surface area contributed by atoms with Gasteiger partial charge >= 0.3 is 6.03 Å². The molecule has 3 amide bonds. The Bertz CT molecular complexity index is 739. The van der Waals surface area contributed by atoms with Gasteiger partial charge in [-0.05, 0) is 49.8 Å². The van der Waals surface area contributed by atoms with Gasteiger partial charge in [-0.15, -0.1) is 0 Å². The number of fused-ring (bicyclic) bond motifs is 3. The Labute approximate surface area is 147 Å². The molecule has 3 aliphatic rings. The van der Waals surface area contributed by atoms with E-state index in [9.17, 15) is 9.59 Å². The van der Waals surface area contributed by atoms with Gasteiger partial charge in [0.05, 0.1) is 6.10 Å². The number of carbonyl (C=O) groups is 2. The van der Waals surface area contributed by atoms with Crippen LogP contribution >= 0.6 is 0 Å². The molecule has 134 valence electrons. The predicted octanol–water partition coefficient (Wildman–Crippen LogP) is 2.35. The largest absolute Gasteiger partial charge is 0.483 e. The van der Waals surface area contributed by atoms with Crippen LogP contribution in [0.4, 0.5) is 4.79 Å². The van der Waals surface area contributed by atoms with Crippen LogP contribution in [0.2, 0.25) is 0 Å². The molecule has 6 heteroatoms. The molecule has 1 saturated carbocycles. The summed E-state index contributed by atoms with van der Waals surface area (Å²) in [5.74, 6) is 0.484. The molecule has 6 nitrogen and oxygen atoms in total. The second-order valence-corrected chi connectivity index (χ2v) is 7.26. The highest BCUT2D eigenvalue weighted by Crippen LogP contribution is 2.56. The van der Waals surface area contributed by atoms with E-state index >= 15 is 0 Å². The second kappa shape index (κ2) is 5.46. The number of carbonyl (C=O) groups excluding carboxylic acids is 2. The number of nitrogens with zero attached hydrogens (tertiary/aromatic N) is 1. The number of ether oxygens (including phenoxy) is 2. The van der Waals surface area contributed by atoms with Crippen LogP contribution < -0.4 is 10.1 Å². The number of hydrogen-bond acceptors (Lipinski definition) is 4. The normalized spacial score (nSPS) is 33.7. The fraction of sp³-hybridized carbons (Fsp3) is 0.579. The minimum Gasteiger partial charge on any atom is -0.483 e. The molecule has 1 atom stereocenters. The van der Waals surface area contributed by atoms with Crippen LogP contribution in [0.25, 0.3) is 0 Å². The molecule has 1 aromatic carbocycles. The van der Waals surface area contributed by atoms with Crippen LogP contribution in [-0.4, -0.2) is 42.7 Å². The van der Waals surface area contributed by atoms with Gasteiger partial charge in [0, 0.05) is 19.7 Å². The Kier molecular flexibility index (Phi) is 3.58. The van der Waals surface area contributed by atoms with Gasteiger partial charge in [0.1, 0.15) is 11.4 Å². The fourth-order valence-corrected chi connectivity index (χ4v) is 4.61. The molecule has 0 bridgehead atoms. The molecule has 4 rings (SSSR count). The summed E-state index contributed by atoms with van der Waals surface area (Å²) in [6.07, 6.45) is 3.98. The zero-order chi connectivity index (χ0) is 17.8. The lowest BCUT2D eigenvalue weighted by atomic mass is 9.68. The first kappa shape index (κ1) is 16.4. The van der Waals surface area contributed by atoms with Crippen molar-refractivity contribution in [1.29, 1.82) is 0 Å². The summed E-state index contributed by atoms with van der Waals surface area (Å²) >= 11 is 0. The number of benzene rings is 1. The maximum absolute atomic E-state index is 13.3. The Balaban J connectivity index is 1.86. The van der Waals surface area contributed by atoms with Crippen LogP contribution in [0.15, 0.2) is 18.2 Å². The molecule has 1 aromatic rings. The molecule has 0 aromatic heterocycles. The second-order valence-electron chi connectivity index (χ2n) is 7.26. The maximum atomic E-state index is 13.3. The van der Waals surface area contributed by atoms with Crippen molar-refractivity contribution in [3.05, 3.63) is 29.3 Å². The summed E-state index contributed by atoms with van der Waals surface area (Å²) < 4.78 is 11.9. The summed E-state index contributed by atoms with van der Waals surface area (Å²) in [4.78, 5) is 26.8. The van der Waals surface area contributed by atoms with Crippen molar-refractivity contribution in [2.24, 2.45) is 0 Å². The SMILES string of the molecule is CCc1ccc2c(c1)C1(NC(=O)N(C)C1=O)C1(CCC(OC)CC1)O2. The lowest BCUT2D eigenvalue weighted by Crippen LogP contribution is -2.63. The highest BCUT2D eigenvalue weighted by Gasteiger charge is 2.70. The molecule has 2 spiro atoms. The molecule has 1 aliphatic carbocycles. The quantitative estimate of drug-likeness (QED) is 0.836. The monoisotopic (exact) mass is 344 g/mol. The van der Waals surface area contributed by atoms with E-state index in [0.717, 1.165) is 30.4 Å². The summed E-state index contributed by atoms with van der Waals surface area (Å²) in [5.41, 5.74) is 0.0538. The van der Waals surface area contributed by atoms with Gasteiger partial charge in [0.15, 0.2) is 5.54 Å². The van der Waals surface area contributed by atoms with Crippen molar-refractivity contribution < 1.29 is 19.1 Å². The summed E-state index contributed by atoms with van der Waals surface area (Å²) in [6, 6.07) is 5.61. The number of hydrogen-bond donors (Lipinski definition) is 1. The van der Waals surface area contributed by atoms with Gasteiger partial charge in [-0.3, -0.25) is 9.69 Å². The Hall–Kier alpha value is -2.08. The summed E-state index contributed by atoms with van der Waals surface area (Å²) in [7, 11) is 3.25. The molecular weight excluding hydrogens is 320 g/mol. The van der Waals surface area contributed by atoms with Crippen molar-refractivity contribution >= 4 is 11.9 Å². The number of imide groups is 1. The standard InChI is InChI=1S/C19H24N2O4/c1-4-12-5-6-15-14(11-12)19(16(22)21(2)17(23)20-19)18(25-15)9-7-13(24-3)8-10-18/h5-6,11,13H,4,7-10H2,1-3H3,(H,20,23).